The van der Waals surface area contributed by atoms with Crippen LogP contribution in [0, 0.1) is 0 Å². The van der Waals surface area contributed by atoms with Crippen LogP contribution in [0.25, 0.3) is 0 Å². The van der Waals surface area contributed by atoms with Crippen LogP contribution in [0.3, 0.4) is 0 Å². The summed E-state index contributed by atoms with van der Waals surface area (Å²) in [5.74, 6) is 0. The van der Waals surface area contributed by atoms with Gasteiger partial charge < -0.3 is 10.2 Å². The minimum atomic E-state index is 0.768. The van der Waals surface area contributed by atoms with Crippen molar-refractivity contribution in [3.63, 3.8) is 0 Å². The maximum absolute atomic E-state index is 3.77. The van der Waals surface area contributed by atoms with Crippen molar-refractivity contribution in [2.45, 2.75) is 44.8 Å². The molecule has 1 aromatic carbocycles. The number of halogens is 1. The summed E-state index contributed by atoms with van der Waals surface area (Å²) in [6, 6.07) is 7.51. The maximum atomic E-state index is 3.77. The van der Waals surface area contributed by atoms with Gasteiger partial charge in [-0.3, -0.25) is 0 Å². The minimum Gasteiger partial charge on any atom is -0.310 e. The van der Waals surface area contributed by atoms with Crippen molar-refractivity contribution in [1.29, 1.82) is 0 Å². The molecule has 20 heavy (non-hydrogen) atoms. The molecule has 3 heteroatoms. The first kappa shape index (κ1) is 15.7. The van der Waals surface area contributed by atoms with Crippen molar-refractivity contribution in [3.05, 3.63) is 46.5 Å². The fraction of sp³-hybridized carbons (Fsp3) is 0.529. The Kier molecular flexibility index (Phi) is 6.27. The minimum absolute atomic E-state index is 0.768. The Morgan fingerprint density at radius 2 is 2.25 bits per heavy atom. The van der Waals surface area contributed by atoms with E-state index in [0.717, 1.165) is 32.1 Å². The molecule has 1 saturated carbocycles. The SMILES string of the molecule is C=CCCCN(C)Cc1ccc(CNC2CC2)cc1Br. The van der Waals surface area contributed by atoms with E-state index in [1.165, 1.54) is 34.9 Å². The zero-order valence-electron chi connectivity index (χ0n) is 12.4. The predicted molar refractivity (Wildman–Crippen MR) is 89.8 cm³/mol. The largest absolute Gasteiger partial charge is 0.310 e. The topological polar surface area (TPSA) is 15.3 Å². The van der Waals surface area contributed by atoms with Crippen LogP contribution < -0.4 is 5.32 Å². The molecule has 1 aliphatic rings. The second-order valence-electron chi connectivity index (χ2n) is 5.75. The van der Waals surface area contributed by atoms with Crippen LogP contribution in [0.4, 0.5) is 0 Å². The molecule has 1 fully saturated rings. The molecule has 0 saturated heterocycles. The fourth-order valence-electron chi connectivity index (χ4n) is 2.25. The Morgan fingerprint density at radius 1 is 1.45 bits per heavy atom. The molecule has 1 aromatic rings. The Balaban J connectivity index is 1.82. The second kappa shape index (κ2) is 7.96. The summed E-state index contributed by atoms with van der Waals surface area (Å²) in [6.07, 6.45) is 6.95. The predicted octanol–water partition coefficient (Wildman–Crippen LogP) is 4.10. The van der Waals surface area contributed by atoms with Crippen molar-refractivity contribution < 1.29 is 0 Å². The number of nitrogens with one attached hydrogen (secondary N) is 1. The third kappa shape index (κ3) is 5.39. The molecular weight excluding hydrogens is 312 g/mol. The van der Waals surface area contributed by atoms with Crippen molar-refractivity contribution in [1.82, 2.24) is 10.2 Å². The van der Waals surface area contributed by atoms with Gasteiger partial charge in [0.25, 0.3) is 0 Å². The molecule has 1 aliphatic carbocycles. The highest BCUT2D eigenvalue weighted by molar-refractivity contribution is 9.10. The average molecular weight is 337 g/mol. The highest BCUT2D eigenvalue weighted by Gasteiger charge is 2.19. The van der Waals surface area contributed by atoms with E-state index < -0.39 is 0 Å². The first-order valence-electron chi connectivity index (χ1n) is 7.49. The van der Waals surface area contributed by atoms with Crippen molar-refractivity contribution >= 4 is 15.9 Å². The van der Waals surface area contributed by atoms with Gasteiger partial charge in [0.05, 0.1) is 0 Å². The van der Waals surface area contributed by atoms with Crippen LogP contribution in [0.5, 0.6) is 0 Å². The van der Waals surface area contributed by atoms with E-state index in [0.29, 0.717) is 0 Å². The van der Waals surface area contributed by atoms with E-state index in [-0.39, 0.29) is 0 Å². The molecule has 1 N–H and O–H groups in total. The van der Waals surface area contributed by atoms with E-state index in [1.54, 1.807) is 0 Å². The Hall–Kier alpha value is -0.640. The monoisotopic (exact) mass is 336 g/mol. The van der Waals surface area contributed by atoms with Gasteiger partial charge >= 0.3 is 0 Å². The zero-order valence-corrected chi connectivity index (χ0v) is 14.0. The molecule has 2 nitrogen and oxygen atoms in total. The summed E-state index contributed by atoms with van der Waals surface area (Å²) in [4.78, 5) is 2.37. The molecule has 0 atom stereocenters. The third-order valence-corrected chi connectivity index (χ3v) is 4.42. The number of nitrogens with zero attached hydrogens (tertiary/aromatic N) is 1. The van der Waals surface area contributed by atoms with E-state index in [2.05, 4.69) is 58.0 Å². The number of unbranched alkanes of at least 4 members (excludes halogenated alkanes) is 1. The number of allylic oxidation sites excluding steroid dienone is 1. The van der Waals surface area contributed by atoms with Crippen LogP contribution in [-0.4, -0.2) is 24.5 Å². The first-order valence-corrected chi connectivity index (χ1v) is 8.28. The number of rotatable bonds is 9. The van der Waals surface area contributed by atoms with Gasteiger partial charge in [-0.25, -0.2) is 0 Å². The van der Waals surface area contributed by atoms with Gasteiger partial charge in [-0.05, 0) is 56.5 Å². The highest BCUT2D eigenvalue weighted by Crippen LogP contribution is 2.22. The molecule has 0 unspecified atom stereocenters. The molecule has 0 bridgehead atoms. The summed E-state index contributed by atoms with van der Waals surface area (Å²) < 4.78 is 1.23. The van der Waals surface area contributed by atoms with Gasteiger partial charge in [0, 0.05) is 23.6 Å². The molecule has 0 aromatic heterocycles. The molecule has 0 amide bonds. The summed E-state index contributed by atoms with van der Waals surface area (Å²) in [5.41, 5.74) is 2.73. The average Bonchev–Trinajstić information content (AvgIpc) is 3.24. The Morgan fingerprint density at radius 3 is 2.90 bits per heavy atom. The zero-order chi connectivity index (χ0) is 14.4. The van der Waals surface area contributed by atoms with E-state index in [4.69, 9.17) is 0 Å². The molecule has 0 aliphatic heterocycles. The lowest BCUT2D eigenvalue weighted by molar-refractivity contribution is 0.322. The fourth-order valence-corrected chi connectivity index (χ4v) is 2.81. The smallest absolute Gasteiger partial charge is 0.0241 e. The summed E-state index contributed by atoms with van der Waals surface area (Å²) in [7, 11) is 2.18. The quantitative estimate of drug-likeness (QED) is 0.539. The maximum Gasteiger partial charge on any atom is 0.0241 e. The van der Waals surface area contributed by atoms with Crippen LogP contribution in [0.2, 0.25) is 0 Å². The van der Waals surface area contributed by atoms with Gasteiger partial charge in [0.2, 0.25) is 0 Å². The lowest BCUT2D eigenvalue weighted by Crippen LogP contribution is -2.19. The van der Waals surface area contributed by atoms with Crippen molar-refractivity contribution in [3.8, 4) is 0 Å². The molecular formula is C17H25BrN2. The molecule has 0 spiro atoms. The molecule has 0 heterocycles. The van der Waals surface area contributed by atoms with Crippen LogP contribution in [0.15, 0.2) is 35.3 Å². The van der Waals surface area contributed by atoms with E-state index in [9.17, 15) is 0 Å². The normalized spacial score (nSPS) is 14.8. The summed E-state index contributed by atoms with van der Waals surface area (Å²) in [6.45, 7) is 6.86. The lowest BCUT2D eigenvalue weighted by Gasteiger charge is -2.17. The molecule has 0 radical (unpaired) electrons. The molecule has 2 rings (SSSR count). The van der Waals surface area contributed by atoms with Crippen LogP contribution in [0.1, 0.15) is 36.8 Å². The van der Waals surface area contributed by atoms with Gasteiger partial charge in [0.1, 0.15) is 0 Å². The summed E-state index contributed by atoms with van der Waals surface area (Å²) in [5, 5.41) is 3.55. The number of hydrogen-bond donors (Lipinski definition) is 1. The number of benzene rings is 1. The van der Waals surface area contributed by atoms with E-state index >= 15 is 0 Å². The Bertz CT molecular complexity index is 441. The van der Waals surface area contributed by atoms with Crippen LogP contribution >= 0.6 is 15.9 Å². The van der Waals surface area contributed by atoms with Gasteiger partial charge in [0.15, 0.2) is 0 Å². The van der Waals surface area contributed by atoms with Gasteiger partial charge in [-0.1, -0.05) is 34.1 Å². The van der Waals surface area contributed by atoms with Crippen molar-refractivity contribution in [2.75, 3.05) is 13.6 Å². The van der Waals surface area contributed by atoms with Crippen molar-refractivity contribution in [2.24, 2.45) is 0 Å². The third-order valence-electron chi connectivity index (χ3n) is 3.68. The van der Waals surface area contributed by atoms with Gasteiger partial charge in [-0.15, -0.1) is 6.58 Å². The van der Waals surface area contributed by atoms with E-state index in [1.807, 2.05) is 6.08 Å². The van der Waals surface area contributed by atoms with Crippen LogP contribution in [-0.2, 0) is 13.1 Å². The van der Waals surface area contributed by atoms with Gasteiger partial charge in [-0.2, -0.15) is 0 Å². The second-order valence-corrected chi connectivity index (χ2v) is 6.60. The first-order chi connectivity index (χ1) is 9.69. The standard InChI is InChI=1S/C17H25BrN2/c1-3-4-5-10-20(2)13-15-7-6-14(11-17(15)18)12-19-16-8-9-16/h3,6-7,11,16,19H,1,4-5,8-10,12-13H2,2H3. The molecule has 110 valence electrons. The number of hydrogen-bond acceptors (Lipinski definition) is 2. The highest BCUT2D eigenvalue weighted by atomic mass is 79.9. The summed E-state index contributed by atoms with van der Waals surface area (Å²) >= 11 is 3.71. The lowest BCUT2D eigenvalue weighted by atomic mass is 10.1. The Labute approximate surface area is 131 Å².